The van der Waals surface area contributed by atoms with Gasteiger partial charge in [-0.3, -0.25) is 4.79 Å². The van der Waals surface area contributed by atoms with Gasteiger partial charge < -0.3 is 14.8 Å². The third-order valence-corrected chi connectivity index (χ3v) is 3.56. The molecule has 2 aliphatic heterocycles. The summed E-state index contributed by atoms with van der Waals surface area (Å²) in [6.45, 7) is 3.13. The van der Waals surface area contributed by atoms with Crippen LogP contribution in [0.1, 0.15) is 25.1 Å². The van der Waals surface area contributed by atoms with Crippen LogP contribution in [0.25, 0.3) is 0 Å². The molecule has 6 heteroatoms. The van der Waals surface area contributed by atoms with E-state index in [1.165, 1.54) is 6.42 Å². The van der Waals surface area contributed by atoms with Crippen LogP contribution >= 0.6 is 0 Å². The van der Waals surface area contributed by atoms with Crippen molar-refractivity contribution in [1.82, 2.24) is 25.0 Å². The number of nitrogens with zero attached hydrogens (tertiary/aromatic N) is 4. The van der Waals surface area contributed by atoms with Crippen LogP contribution in [0, 0.1) is 0 Å². The molecule has 1 amide bonds. The second-order valence-electron chi connectivity index (χ2n) is 4.70. The number of fused-ring (bicyclic) bond motifs is 1. The lowest BCUT2D eigenvalue weighted by atomic mass is 10.0. The summed E-state index contributed by atoms with van der Waals surface area (Å²) in [5.41, 5.74) is 0. The number of carbonyl (C=O) groups excluding carboxylic acids is 1. The predicted octanol–water partition coefficient (Wildman–Crippen LogP) is -0.238. The van der Waals surface area contributed by atoms with Gasteiger partial charge in [0, 0.05) is 13.1 Å². The van der Waals surface area contributed by atoms with Gasteiger partial charge in [-0.1, -0.05) is 6.42 Å². The van der Waals surface area contributed by atoms with E-state index >= 15 is 0 Å². The molecule has 0 spiro atoms. The Labute approximate surface area is 100 Å². The quantitative estimate of drug-likeness (QED) is 0.730. The maximum absolute atomic E-state index is 12.3. The van der Waals surface area contributed by atoms with E-state index in [1.54, 1.807) is 6.33 Å². The minimum atomic E-state index is 0.0122. The predicted molar refractivity (Wildman–Crippen MR) is 61.1 cm³/mol. The third kappa shape index (κ3) is 2.04. The van der Waals surface area contributed by atoms with Gasteiger partial charge in [0.1, 0.15) is 6.33 Å². The number of aromatic nitrogens is 3. The summed E-state index contributed by atoms with van der Waals surface area (Å²) in [6, 6.07) is 0.0122. The second kappa shape index (κ2) is 4.44. The molecular formula is C11H17N5O. The average Bonchev–Trinajstić information content (AvgIpc) is 2.86. The van der Waals surface area contributed by atoms with Crippen LogP contribution in [0.2, 0.25) is 0 Å². The maximum Gasteiger partial charge on any atom is 0.240 e. The molecule has 17 heavy (non-hydrogen) atoms. The fourth-order valence-electron chi connectivity index (χ4n) is 2.54. The Kier molecular flexibility index (Phi) is 2.80. The van der Waals surface area contributed by atoms with Crippen LogP contribution < -0.4 is 5.32 Å². The first-order valence-electron chi connectivity index (χ1n) is 6.23. The van der Waals surface area contributed by atoms with Crippen LogP contribution in [-0.4, -0.2) is 44.7 Å². The minimum absolute atomic E-state index is 0.0122. The van der Waals surface area contributed by atoms with Gasteiger partial charge in [0.25, 0.3) is 0 Å². The van der Waals surface area contributed by atoms with Crippen molar-refractivity contribution in [2.24, 2.45) is 0 Å². The van der Waals surface area contributed by atoms with Crippen molar-refractivity contribution < 1.29 is 4.79 Å². The Hall–Kier alpha value is -1.43. The van der Waals surface area contributed by atoms with Crippen molar-refractivity contribution in [3.63, 3.8) is 0 Å². The van der Waals surface area contributed by atoms with Gasteiger partial charge >= 0.3 is 0 Å². The molecule has 1 N–H and O–H groups in total. The Balaban J connectivity index is 1.67. The Morgan fingerprint density at radius 2 is 2.35 bits per heavy atom. The third-order valence-electron chi connectivity index (χ3n) is 3.56. The van der Waals surface area contributed by atoms with Crippen LogP contribution in [0.5, 0.6) is 0 Å². The molecule has 1 saturated heterocycles. The van der Waals surface area contributed by atoms with E-state index in [2.05, 4.69) is 15.5 Å². The molecule has 1 aromatic rings. The minimum Gasteiger partial charge on any atom is -0.332 e. The molecule has 1 aromatic heterocycles. The van der Waals surface area contributed by atoms with Gasteiger partial charge in [-0.25, -0.2) is 0 Å². The molecule has 3 rings (SSSR count). The van der Waals surface area contributed by atoms with E-state index in [9.17, 15) is 4.79 Å². The Morgan fingerprint density at radius 3 is 3.18 bits per heavy atom. The highest BCUT2D eigenvalue weighted by atomic mass is 16.2. The fourth-order valence-corrected chi connectivity index (χ4v) is 2.54. The van der Waals surface area contributed by atoms with Gasteiger partial charge in [0.15, 0.2) is 5.82 Å². The van der Waals surface area contributed by atoms with Crippen molar-refractivity contribution in [2.75, 3.05) is 13.1 Å². The number of carbonyl (C=O) groups is 1. The number of hydrogen-bond acceptors (Lipinski definition) is 4. The highest BCUT2D eigenvalue weighted by Gasteiger charge is 2.28. The van der Waals surface area contributed by atoms with Crippen LogP contribution in [0.3, 0.4) is 0 Å². The Bertz CT molecular complexity index is 410. The molecule has 0 radical (unpaired) electrons. The van der Waals surface area contributed by atoms with Crippen molar-refractivity contribution in [2.45, 2.75) is 38.4 Å². The molecule has 0 unspecified atom stereocenters. The average molecular weight is 235 g/mol. The monoisotopic (exact) mass is 235 g/mol. The summed E-state index contributed by atoms with van der Waals surface area (Å²) in [5.74, 6) is 1.11. The number of hydrogen-bond donors (Lipinski definition) is 1. The molecule has 0 saturated carbocycles. The summed E-state index contributed by atoms with van der Waals surface area (Å²) in [6.07, 6.45) is 5.02. The largest absolute Gasteiger partial charge is 0.332 e. The molecule has 0 aliphatic carbocycles. The number of amides is 1. The zero-order valence-corrected chi connectivity index (χ0v) is 9.80. The standard InChI is InChI=1S/C11H17N5O/c17-11(9-3-1-2-4-12-9)15-5-6-16-8-13-14-10(16)7-15/h8-9,12H,1-7H2/t9-/m0/s1. The fraction of sp³-hybridized carbons (Fsp3) is 0.727. The summed E-state index contributed by atoms with van der Waals surface area (Å²) >= 11 is 0. The lowest BCUT2D eigenvalue weighted by Gasteiger charge is -2.32. The van der Waals surface area contributed by atoms with Crippen molar-refractivity contribution in [3.8, 4) is 0 Å². The summed E-state index contributed by atoms with van der Waals surface area (Å²) < 4.78 is 2.01. The number of nitrogens with one attached hydrogen (secondary N) is 1. The van der Waals surface area contributed by atoms with Gasteiger partial charge in [0.05, 0.1) is 12.6 Å². The molecule has 92 valence electrons. The summed E-state index contributed by atoms with van der Waals surface area (Å²) in [4.78, 5) is 14.2. The van der Waals surface area contributed by atoms with Crippen molar-refractivity contribution in [1.29, 1.82) is 0 Å². The highest BCUT2D eigenvalue weighted by molar-refractivity contribution is 5.82. The van der Waals surface area contributed by atoms with E-state index in [4.69, 9.17) is 0 Å². The lowest BCUT2D eigenvalue weighted by Crippen LogP contribution is -2.50. The van der Waals surface area contributed by atoms with Gasteiger partial charge in [-0.2, -0.15) is 0 Å². The summed E-state index contributed by atoms with van der Waals surface area (Å²) in [5, 5.41) is 11.2. The molecule has 2 aliphatic rings. The molecule has 0 bridgehead atoms. The van der Waals surface area contributed by atoms with E-state index in [0.29, 0.717) is 6.54 Å². The smallest absolute Gasteiger partial charge is 0.240 e. The first-order chi connectivity index (χ1) is 8.34. The zero-order chi connectivity index (χ0) is 11.7. The van der Waals surface area contributed by atoms with Crippen molar-refractivity contribution in [3.05, 3.63) is 12.2 Å². The molecular weight excluding hydrogens is 218 g/mol. The molecule has 6 nitrogen and oxygen atoms in total. The molecule has 1 fully saturated rings. The van der Waals surface area contributed by atoms with E-state index in [1.807, 2.05) is 9.47 Å². The van der Waals surface area contributed by atoms with E-state index in [-0.39, 0.29) is 11.9 Å². The molecule has 3 heterocycles. The second-order valence-corrected chi connectivity index (χ2v) is 4.70. The maximum atomic E-state index is 12.3. The topological polar surface area (TPSA) is 63.1 Å². The van der Waals surface area contributed by atoms with Crippen LogP contribution in [-0.2, 0) is 17.9 Å². The van der Waals surface area contributed by atoms with Gasteiger partial charge in [-0.15, -0.1) is 10.2 Å². The van der Waals surface area contributed by atoms with E-state index < -0.39 is 0 Å². The number of rotatable bonds is 1. The Morgan fingerprint density at radius 1 is 1.41 bits per heavy atom. The first kappa shape index (κ1) is 10.7. The van der Waals surface area contributed by atoms with Gasteiger partial charge in [-0.05, 0) is 19.4 Å². The molecule has 0 aromatic carbocycles. The highest BCUT2D eigenvalue weighted by Crippen LogP contribution is 2.14. The lowest BCUT2D eigenvalue weighted by molar-refractivity contribution is -0.135. The normalized spacial score (nSPS) is 24.5. The summed E-state index contributed by atoms with van der Waals surface area (Å²) in [7, 11) is 0. The van der Waals surface area contributed by atoms with Crippen molar-refractivity contribution >= 4 is 5.91 Å². The zero-order valence-electron chi connectivity index (χ0n) is 9.80. The van der Waals surface area contributed by atoms with Crippen LogP contribution in [0.15, 0.2) is 6.33 Å². The SMILES string of the molecule is O=C([C@@H]1CCCCN1)N1CCn2cnnc2C1. The number of piperidine rings is 1. The first-order valence-corrected chi connectivity index (χ1v) is 6.23. The van der Waals surface area contributed by atoms with Gasteiger partial charge in [0.2, 0.25) is 5.91 Å². The van der Waals surface area contributed by atoms with E-state index in [0.717, 1.165) is 38.3 Å². The molecule has 1 atom stereocenters. The van der Waals surface area contributed by atoms with Crippen LogP contribution in [0.4, 0.5) is 0 Å².